The number of rotatable bonds is 3. The van der Waals surface area contributed by atoms with Gasteiger partial charge in [0.25, 0.3) is 5.91 Å². The lowest BCUT2D eigenvalue weighted by atomic mass is 9.84. The van der Waals surface area contributed by atoms with Gasteiger partial charge in [-0.25, -0.2) is 13.6 Å². The first-order valence-corrected chi connectivity index (χ1v) is 10.3. The van der Waals surface area contributed by atoms with E-state index in [1.54, 1.807) is 4.90 Å². The van der Waals surface area contributed by atoms with Crippen LogP contribution in [0.15, 0.2) is 18.5 Å². The third-order valence-electron chi connectivity index (χ3n) is 6.19. The van der Waals surface area contributed by atoms with Crippen molar-refractivity contribution in [3.05, 3.63) is 29.8 Å². The summed E-state index contributed by atoms with van der Waals surface area (Å²) in [5.74, 6) is -3.94. The summed E-state index contributed by atoms with van der Waals surface area (Å²) in [4.78, 5) is 41.0. The number of piperidine rings is 1. The first-order valence-electron chi connectivity index (χ1n) is 10.3. The van der Waals surface area contributed by atoms with Crippen molar-refractivity contribution in [3.8, 4) is 0 Å². The van der Waals surface area contributed by atoms with E-state index in [2.05, 4.69) is 4.98 Å². The molecule has 3 N–H and O–H groups in total. The van der Waals surface area contributed by atoms with Crippen molar-refractivity contribution in [2.75, 3.05) is 13.1 Å². The van der Waals surface area contributed by atoms with Gasteiger partial charge in [0.1, 0.15) is 6.17 Å². The number of carbonyl (C=O) groups excluding carboxylic acids is 2. The molecule has 1 aromatic heterocycles. The van der Waals surface area contributed by atoms with Gasteiger partial charge in [-0.15, -0.1) is 0 Å². The highest BCUT2D eigenvalue weighted by Gasteiger charge is 2.47. The average Bonchev–Trinajstić information content (AvgIpc) is 2.99. The van der Waals surface area contributed by atoms with Crippen LogP contribution >= 0.6 is 0 Å². The smallest absolute Gasteiger partial charge is 0.475 e. The van der Waals surface area contributed by atoms with Gasteiger partial charge < -0.3 is 20.6 Å². The standard InChI is InChI=1S/C18H22F2N4O2.C2HF3O2/c19-11-8-23(9-11)18(26)16(21)10-5-12-1-2-13(6-10)24(12)17(25)14-3-4-22-7-15(14)20;3-2(4,5)1(6)7/h3-4,7,10-13,16H,1-2,5-6,8-9,21H2;(H,6,7)/t10?,12?,13?,16-;/m0./s1. The molecule has 4 heterocycles. The fourth-order valence-corrected chi connectivity index (χ4v) is 4.55. The van der Waals surface area contributed by atoms with Gasteiger partial charge in [0.15, 0.2) is 5.82 Å². The number of alkyl halides is 4. The molecule has 0 spiro atoms. The Morgan fingerprint density at radius 3 is 2.15 bits per heavy atom. The fourth-order valence-electron chi connectivity index (χ4n) is 4.55. The van der Waals surface area contributed by atoms with E-state index in [1.165, 1.54) is 17.2 Å². The first kappa shape index (κ1) is 24.8. The van der Waals surface area contributed by atoms with E-state index in [-0.39, 0.29) is 48.5 Å². The largest absolute Gasteiger partial charge is 0.490 e. The van der Waals surface area contributed by atoms with Crippen LogP contribution in [-0.2, 0) is 9.59 Å². The zero-order valence-electron chi connectivity index (χ0n) is 17.3. The Morgan fingerprint density at radius 1 is 1.15 bits per heavy atom. The number of nitrogens with two attached hydrogens (primary N) is 1. The van der Waals surface area contributed by atoms with Crippen molar-refractivity contribution in [1.82, 2.24) is 14.8 Å². The summed E-state index contributed by atoms with van der Waals surface area (Å²) in [6, 6.07) is 0.655. The van der Waals surface area contributed by atoms with Gasteiger partial charge in [0.05, 0.1) is 30.9 Å². The van der Waals surface area contributed by atoms with Gasteiger partial charge >= 0.3 is 12.1 Å². The van der Waals surface area contributed by atoms with Gasteiger partial charge in [-0.1, -0.05) is 0 Å². The quantitative estimate of drug-likeness (QED) is 0.640. The number of amides is 2. The van der Waals surface area contributed by atoms with Crippen LogP contribution in [0.5, 0.6) is 0 Å². The number of fused-ring (bicyclic) bond motifs is 2. The molecule has 13 heteroatoms. The van der Waals surface area contributed by atoms with Crippen LogP contribution < -0.4 is 5.73 Å². The highest BCUT2D eigenvalue weighted by atomic mass is 19.4. The molecular weight excluding hydrogens is 455 g/mol. The Labute approximate surface area is 185 Å². The highest BCUT2D eigenvalue weighted by molar-refractivity contribution is 5.95. The van der Waals surface area contributed by atoms with Crippen LogP contribution in [-0.4, -0.2) is 81.2 Å². The molecule has 2 bridgehead atoms. The fraction of sp³-hybridized carbons (Fsp3) is 0.600. The number of carbonyl (C=O) groups is 3. The lowest BCUT2D eigenvalue weighted by Crippen LogP contribution is -2.59. The number of hydrogen-bond donors (Lipinski definition) is 2. The van der Waals surface area contributed by atoms with Gasteiger partial charge in [0, 0.05) is 18.3 Å². The summed E-state index contributed by atoms with van der Waals surface area (Å²) in [5.41, 5.74) is 6.20. The van der Waals surface area contributed by atoms with Crippen molar-refractivity contribution in [1.29, 1.82) is 0 Å². The Bertz CT molecular complexity index is 895. The van der Waals surface area contributed by atoms with Crippen LogP contribution in [0, 0.1) is 11.7 Å². The molecule has 182 valence electrons. The SMILES string of the molecule is N[C@H](C(=O)N1CC(F)C1)C1CC2CCC(C1)N2C(=O)c1ccncc1F.O=C(O)C(F)(F)F. The summed E-state index contributed by atoms with van der Waals surface area (Å²) in [6.45, 7) is 0.246. The molecule has 8 nitrogen and oxygen atoms in total. The van der Waals surface area contributed by atoms with Crippen molar-refractivity contribution >= 4 is 17.8 Å². The molecule has 3 aliphatic heterocycles. The average molecular weight is 478 g/mol. The van der Waals surface area contributed by atoms with E-state index >= 15 is 0 Å². The molecule has 3 aliphatic rings. The summed E-state index contributed by atoms with van der Waals surface area (Å²) in [7, 11) is 0. The predicted molar refractivity (Wildman–Crippen MR) is 103 cm³/mol. The number of carboxylic acid groups (broad SMARTS) is 1. The van der Waals surface area contributed by atoms with Gasteiger partial charge in [-0.2, -0.15) is 13.2 Å². The maximum Gasteiger partial charge on any atom is 0.490 e. The van der Waals surface area contributed by atoms with Gasteiger partial charge in [-0.05, 0) is 37.7 Å². The third-order valence-corrected chi connectivity index (χ3v) is 6.19. The topological polar surface area (TPSA) is 117 Å². The minimum Gasteiger partial charge on any atom is -0.475 e. The summed E-state index contributed by atoms with van der Waals surface area (Å²) in [6.07, 6.45) is -0.680. The molecule has 4 rings (SSSR count). The number of halogens is 5. The Balaban J connectivity index is 0.000000383. The maximum absolute atomic E-state index is 13.9. The van der Waals surface area contributed by atoms with Crippen molar-refractivity contribution in [2.24, 2.45) is 11.7 Å². The monoisotopic (exact) mass is 478 g/mol. The normalized spacial score (nSPS) is 25.6. The number of pyridine rings is 1. The van der Waals surface area contributed by atoms with Crippen LogP contribution in [0.2, 0.25) is 0 Å². The van der Waals surface area contributed by atoms with Crippen LogP contribution in [0.3, 0.4) is 0 Å². The number of likely N-dealkylation sites (tertiary alicyclic amines) is 1. The first-order chi connectivity index (χ1) is 15.4. The second kappa shape index (κ2) is 9.57. The van der Waals surface area contributed by atoms with E-state index in [4.69, 9.17) is 15.6 Å². The Kier molecular flexibility index (Phi) is 7.20. The Hall–Kier alpha value is -2.83. The second-order valence-corrected chi connectivity index (χ2v) is 8.35. The van der Waals surface area contributed by atoms with E-state index in [1.807, 2.05) is 0 Å². The van der Waals surface area contributed by atoms with E-state index in [0.29, 0.717) is 12.8 Å². The van der Waals surface area contributed by atoms with E-state index < -0.39 is 30.2 Å². The molecule has 3 atom stereocenters. The van der Waals surface area contributed by atoms with Crippen LogP contribution in [0.4, 0.5) is 22.0 Å². The second-order valence-electron chi connectivity index (χ2n) is 8.35. The summed E-state index contributed by atoms with van der Waals surface area (Å²) < 4.78 is 58.7. The molecule has 1 aromatic rings. The van der Waals surface area contributed by atoms with E-state index in [0.717, 1.165) is 19.0 Å². The third kappa shape index (κ3) is 5.40. The minimum atomic E-state index is -5.08. The number of hydrogen-bond acceptors (Lipinski definition) is 5. The van der Waals surface area contributed by atoms with Gasteiger partial charge in [0.2, 0.25) is 5.91 Å². The summed E-state index contributed by atoms with van der Waals surface area (Å²) >= 11 is 0. The zero-order valence-corrected chi connectivity index (χ0v) is 17.3. The maximum atomic E-state index is 13.9. The molecular formula is C20H23F5N4O4. The molecule has 2 amide bonds. The van der Waals surface area contributed by atoms with Crippen LogP contribution in [0.1, 0.15) is 36.0 Å². The number of aliphatic carboxylic acids is 1. The van der Waals surface area contributed by atoms with Crippen molar-refractivity contribution in [3.63, 3.8) is 0 Å². The molecule has 0 radical (unpaired) electrons. The molecule has 3 saturated heterocycles. The molecule has 0 aliphatic carbocycles. The zero-order chi connectivity index (χ0) is 24.5. The lowest BCUT2D eigenvalue weighted by molar-refractivity contribution is -0.192. The molecule has 3 fully saturated rings. The van der Waals surface area contributed by atoms with Crippen molar-refractivity contribution in [2.45, 2.75) is 56.2 Å². The molecule has 2 unspecified atom stereocenters. The van der Waals surface area contributed by atoms with Gasteiger partial charge in [-0.3, -0.25) is 14.6 Å². The predicted octanol–water partition coefficient (Wildman–Crippen LogP) is 1.74. The number of carboxylic acids is 1. The highest BCUT2D eigenvalue weighted by Crippen LogP contribution is 2.41. The molecule has 0 saturated carbocycles. The van der Waals surface area contributed by atoms with Crippen molar-refractivity contribution < 1.29 is 41.4 Å². The minimum absolute atomic E-state index is 0.0327. The Morgan fingerprint density at radius 2 is 1.70 bits per heavy atom. The number of aromatic nitrogens is 1. The van der Waals surface area contributed by atoms with Crippen LogP contribution in [0.25, 0.3) is 0 Å². The lowest BCUT2D eigenvalue weighted by Gasteiger charge is -2.43. The van der Waals surface area contributed by atoms with E-state index in [9.17, 15) is 31.5 Å². The summed E-state index contributed by atoms with van der Waals surface area (Å²) in [5, 5.41) is 7.12. The molecule has 33 heavy (non-hydrogen) atoms. The molecule has 0 aromatic carbocycles. The number of nitrogens with zero attached hydrogens (tertiary/aromatic N) is 3.